The maximum Gasteiger partial charge on any atom is 2.00 e. The Morgan fingerprint density at radius 2 is 1.38 bits per heavy atom. The van der Waals surface area contributed by atoms with E-state index in [9.17, 15) is 0 Å². The number of hydrogen-bond donors (Lipinski definition) is 0. The first kappa shape index (κ1) is 22.4. The summed E-state index contributed by atoms with van der Waals surface area (Å²) in [5.74, 6) is 0. The molecule has 0 heterocycles. The van der Waals surface area contributed by atoms with Crippen LogP contribution in [0, 0.1) is 0 Å². The second-order valence-corrected chi connectivity index (χ2v) is 1.62. The van der Waals surface area contributed by atoms with Crippen molar-refractivity contribution < 1.29 is 77.9 Å². The Kier molecular flexibility index (Phi) is 46.2. The molecule has 0 rings (SSSR count). The van der Waals surface area contributed by atoms with Crippen molar-refractivity contribution in [2.75, 3.05) is 0 Å². The summed E-state index contributed by atoms with van der Waals surface area (Å²) in [7, 11) is 0. The van der Waals surface area contributed by atoms with Crippen LogP contribution < -0.4 is 51.4 Å². The van der Waals surface area contributed by atoms with Gasteiger partial charge in [-0.25, -0.2) is 0 Å². The Morgan fingerprint density at radius 1 is 1.25 bits per heavy atom. The molecule has 8 heavy (non-hydrogen) atoms. The van der Waals surface area contributed by atoms with E-state index in [2.05, 4.69) is 0 Å². The van der Waals surface area contributed by atoms with Crippen LogP contribution in [0.15, 0.2) is 10.0 Å². The standard InChI is InChI=1S/C2HCl3.K.H2O.Pt/c3-1-2(4)5;;;/h1H;;1H2;/q;+1;;+2. The smallest absolute Gasteiger partial charge is 0.412 e. The zero-order valence-electron chi connectivity index (χ0n) is 4.03. The fraction of sp³-hybridized carbons (Fsp3) is 0. The second-order valence-electron chi connectivity index (χ2n) is 0.399. The summed E-state index contributed by atoms with van der Waals surface area (Å²) in [5.41, 5.74) is 1.09. The van der Waals surface area contributed by atoms with E-state index in [1.165, 1.54) is 0 Å². The third-order valence-corrected chi connectivity index (χ3v) is 0.742. The molecule has 0 saturated heterocycles. The van der Waals surface area contributed by atoms with Gasteiger partial charge in [-0.05, 0) is 0 Å². The van der Waals surface area contributed by atoms with Gasteiger partial charge in [0.1, 0.15) is 4.49 Å². The molecule has 1 nitrogen and oxygen atoms in total. The molecule has 0 atom stereocenters. The Morgan fingerprint density at radius 3 is 1.38 bits per heavy atom. The monoisotopic (exact) mass is 382 g/mol. The quantitative estimate of drug-likeness (QED) is 0.465. The van der Waals surface area contributed by atoms with Crippen LogP contribution >= 0.6 is 34.8 Å². The van der Waals surface area contributed by atoms with E-state index in [-0.39, 0.29) is 82.4 Å². The van der Waals surface area contributed by atoms with Crippen molar-refractivity contribution in [1.82, 2.24) is 0 Å². The average Bonchev–Trinajstić information content (AvgIpc) is 1.38. The van der Waals surface area contributed by atoms with Crippen LogP contribution in [0.25, 0.3) is 0 Å². The van der Waals surface area contributed by atoms with Crippen molar-refractivity contribution in [2.24, 2.45) is 0 Å². The Bertz CT molecular complexity index is 55.2. The number of rotatable bonds is 0. The van der Waals surface area contributed by atoms with Gasteiger partial charge in [0.2, 0.25) is 0 Å². The number of halogens is 3. The molecule has 0 aliphatic carbocycles. The van der Waals surface area contributed by atoms with Gasteiger partial charge in [-0.2, -0.15) is 0 Å². The first-order valence-corrected chi connectivity index (χ1v) is 2.08. The van der Waals surface area contributed by atoms with E-state index in [1.807, 2.05) is 0 Å². The van der Waals surface area contributed by atoms with E-state index >= 15 is 0 Å². The van der Waals surface area contributed by atoms with Gasteiger partial charge in [-0.15, -0.1) is 0 Å². The fourth-order valence-corrected chi connectivity index (χ4v) is 0. The van der Waals surface area contributed by atoms with Gasteiger partial charge < -0.3 is 5.48 Å². The molecular weight excluding hydrogens is 381 g/mol. The summed E-state index contributed by atoms with van der Waals surface area (Å²) in [5, 5.41) is 0. The molecule has 0 aliphatic heterocycles. The Balaban J connectivity index is -0.0000000267. The van der Waals surface area contributed by atoms with Gasteiger partial charge in [-0.3, -0.25) is 0 Å². The van der Waals surface area contributed by atoms with Crippen molar-refractivity contribution >= 4 is 34.8 Å². The molecule has 0 amide bonds. The molecule has 0 aliphatic rings. The molecule has 0 aromatic rings. The zero-order valence-corrected chi connectivity index (χ0v) is 11.7. The van der Waals surface area contributed by atoms with Crippen molar-refractivity contribution in [2.45, 2.75) is 0 Å². The van der Waals surface area contributed by atoms with E-state index in [0.29, 0.717) is 0 Å². The van der Waals surface area contributed by atoms with Crippen LogP contribution in [0.3, 0.4) is 0 Å². The molecule has 2 N–H and O–H groups in total. The van der Waals surface area contributed by atoms with Crippen LogP contribution in [0.5, 0.6) is 0 Å². The van der Waals surface area contributed by atoms with Crippen molar-refractivity contribution in [1.29, 1.82) is 0 Å². The molecule has 0 unspecified atom stereocenters. The molecule has 0 bridgehead atoms. The van der Waals surface area contributed by atoms with Crippen molar-refractivity contribution in [3.8, 4) is 0 Å². The number of hydrogen-bond acceptors (Lipinski definition) is 0. The SMILES string of the molecule is ClC=C(Cl)Cl.O.[K+].[Pt+2]. The molecule has 0 aromatic heterocycles. The largest absolute Gasteiger partial charge is 2.00 e. The van der Waals surface area contributed by atoms with Gasteiger partial charge in [-0.1, -0.05) is 34.8 Å². The minimum absolute atomic E-state index is 0. The minimum atomic E-state index is 0. The third-order valence-electron chi connectivity index (χ3n) is 0.0825. The molecule has 46 valence electrons. The summed E-state index contributed by atoms with van der Waals surface area (Å²) in [6.07, 6.45) is 0. The summed E-state index contributed by atoms with van der Waals surface area (Å²) in [6.45, 7) is 0. The van der Waals surface area contributed by atoms with Crippen molar-refractivity contribution in [3.05, 3.63) is 10.0 Å². The van der Waals surface area contributed by atoms with E-state index in [1.54, 1.807) is 0 Å². The summed E-state index contributed by atoms with van der Waals surface area (Å²) < 4.78 is 0.0895. The van der Waals surface area contributed by atoms with Gasteiger partial charge in [0.15, 0.2) is 0 Å². The minimum Gasteiger partial charge on any atom is -0.412 e. The van der Waals surface area contributed by atoms with Gasteiger partial charge in [0.25, 0.3) is 0 Å². The van der Waals surface area contributed by atoms with Crippen LogP contribution in [0.1, 0.15) is 0 Å². The summed E-state index contributed by atoms with van der Waals surface area (Å²) in [6, 6.07) is 0. The first-order valence-electron chi connectivity index (χ1n) is 0.885. The van der Waals surface area contributed by atoms with Gasteiger partial charge >= 0.3 is 72.4 Å². The first-order chi connectivity index (χ1) is 2.27. The predicted molar refractivity (Wildman–Crippen MR) is 29.3 cm³/mol. The van der Waals surface area contributed by atoms with Crippen molar-refractivity contribution in [3.63, 3.8) is 0 Å². The van der Waals surface area contributed by atoms with Crippen LogP contribution in [0.2, 0.25) is 0 Å². The van der Waals surface area contributed by atoms with E-state index < -0.39 is 0 Å². The van der Waals surface area contributed by atoms with Crippen LogP contribution in [-0.4, -0.2) is 5.48 Å². The maximum atomic E-state index is 4.96. The molecular formula is C2H3Cl3KOPt+3. The summed E-state index contributed by atoms with van der Waals surface area (Å²) in [4.78, 5) is 0. The zero-order chi connectivity index (χ0) is 4.28. The molecule has 0 spiro atoms. The topological polar surface area (TPSA) is 31.5 Å². The van der Waals surface area contributed by atoms with Crippen LogP contribution in [-0.2, 0) is 21.1 Å². The van der Waals surface area contributed by atoms with Crippen LogP contribution in [0.4, 0.5) is 0 Å². The summed E-state index contributed by atoms with van der Waals surface area (Å²) >= 11 is 14.8. The van der Waals surface area contributed by atoms with E-state index in [0.717, 1.165) is 5.54 Å². The average molecular weight is 384 g/mol. The molecule has 0 radical (unpaired) electrons. The predicted octanol–water partition coefficient (Wildman–Crippen LogP) is -1.32. The molecule has 0 saturated carbocycles. The van der Waals surface area contributed by atoms with E-state index in [4.69, 9.17) is 34.8 Å². The van der Waals surface area contributed by atoms with Gasteiger partial charge in [0, 0.05) is 5.54 Å². The molecule has 6 heteroatoms. The Labute approximate surface area is 120 Å². The third kappa shape index (κ3) is 23.1. The second kappa shape index (κ2) is 16.5. The normalized spacial score (nSPS) is 4.38. The fourth-order valence-electron chi connectivity index (χ4n) is 0. The van der Waals surface area contributed by atoms with Gasteiger partial charge in [0.05, 0.1) is 0 Å². The Hall–Kier alpha value is 2.89. The molecule has 0 fully saturated rings. The molecule has 0 aromatic carbocycles. The maximum absolute atomic E-state index is 4.96.